The number of nitrogens with one attached hydrogen (secondary N) is 1. The van der Waals surface area contributed by atoms with Crippen molar-refractivity contribution in [1.29, 1.82) is 0 Å². The predicted octanol–water partition coefficient (Wildman–Crippen LogP) is 4.06. The van der Waals surface area contributed by atoms with Gasteiger partial charge in [0.2, 0.25) is 5.13 Å². The van der Waals surface area contributed by atoms with Gasteiger partial charge in [0.05, 0.1) is 0 Å². The first kappa shape index (κ1) is 17.7. The molecule has 2 aromatic rings. The summed E-state index contributed by atoms with van der Waals surface area (Å²) in [5, 5.41) is 11.3. The van der Waals surface area contributed by atoms with E-state index < -0.39 is 6.10 Å². The SMILES string of the molecule is CCCSc1nnc(NC(=O)[C@@H](C)Oc2ccc(C)c(C)c2)s1. The summed E-state index contributed by atoms with van der Waals surface area (Å²) in [4.78, 5) is 12.2. The van der Waals surface area contributed by atoms with Crippen molar-refractivity contribution in [3.8, 4) is 5.75 Å². The molecule has 1 aromatic carbocycles. The highest BCUT2D eigenvalue weighted by atomic mass is 32.2. The maximum atomic E-state index is 12.2. The number of thioether (sulfide) groups is 1. The Kier molecular flexibility index (Phi) is 6.41. The first-order valence-electron chi connectivity index (χ1n) is 7.50. The summed E-state index contributed by atoms with van der Waals surface area (Å²) in [6.45, 7) is 7.89. The van der Waals surface area contributed by atoms with Crippen molar-refractivity contribution < 1.29 is 9.53 Å². The van der Waals surface area contributed by atoms with Crippen LogP contribution in [-0.2, 0) is 4.79 Å². The molecule has 23 heavy (non-hydrogen) atoms. The quantitative estimate of drug-likeness (QED) is 0.602. The van der Waals surface area contributed by atoms with E-state index in [-0.39, 0.29) is 5.91 Å². The average Bonchev–Trinajstić information content (AvgIpc) is 2.96. The van der Waals surface area contributed by atoms with Crippen LogP contribution in [0.4, 0.5) is 5.13 Å². The van der Waals surface area contributed by atoms with E-state index in [2.05, 4.69) is 22.4 Å². The Bertz CT molecular complexity index is 673. The van der Waals surface area contributed by atoms with Gasteiger partial charge in [-0.3, -0.25) is 10.1 Å². The van der Waals surface area contributed by atoms with E-state index in [9.17, 15) is 4.79 Å². The van der Waals surface area contributed by atoms with E-state index in [1.165, 1.54) is 16.9 Å². The molecule has 1 amide bonds. The van der Waals surface area contributed by atoms with Crippen LogP contribution in [0.15, 0.2) is 22.5 Å². The van der Waals surface area contributed by atoms with Crippen molar-refractivity contribution in [3.05, 3.63) is 29.3 Å². The van der Waals surface area contributed by atoms with Crippen molar-refractivity contribution in [2.75, 3.05) is 11.1 Å². The Morgan fingerprint density at radius 3 is 2.83 bits per heavy atom. The minimum Gasteiger partial charge on any atom is -0.481 e. The van der Waals surface area contributed by atoms with E-state index in [0.29, 0.717) is 10.9 Å². The molecule has 1 atom stereocenters. The molecule has 0 aliphatic heterocycles. The number of aryl methyl sites for hydroxylation is 2. The maximum absolute atomic E-state index is 12.2. The number of hydrogen-bond donors (Lipinski definition) is 1. The van der Waals surface area contributed by atoms with Crippen LogP contribution in [0.2, 0.25) is 0 Å². The molecule has 0 saturated carbocycles. The third-order valence-electron chi connectivity index (χ3n) is 3.23. The Hall–Kier alpha value is -1.60. The highest BCUT2D eigenvalue weighted by Gasteiger charge is 2.17. The molecule has 124 valence electrons. The van der Waals surface area contributed by atoms with Crippen LogP contribution < -0.4 is 10.1 Å². The third kappa shape index (κ3) is 5.21. The summed E-state index contributed by atoms with van der Waals surface area (Å²) in [5.41, 5.74) is 2.33. The number of carbonyl (C=O) groups excluding carboxylic acids is 1. The van der Waals surface area contributed by atoms with Gasteiger partial charge in [-0.1, -0.05) is 36.1 Å². The second-order valence-corrected chi connectivity index (χ2v) is 7.54. The Balaban J connectivity index is 1.91. The predicted molar refractivity (Wildman–Crippen MR) is 95.6 cm³/mol. The zero-order chi connectivity index (χ0) is 16.8. The number of ether oxygens (including phenoxy) is 1. The van der Waals surface area contributed by atoms with Crippen molar-refractivity contribution in [2.45, 2.75) is 44.6 Å². The lowest BCUT2D eigenvalue weighted by atomic mass is 10.1. The minimum absolute atomic E-state index is 0.230. The number of rotatable bonds is 7. The van der Waals surface area contributed by atoms with Crippen LogP contribution in [0.25, 0.3) is 0 Å². The molecular weight excluding hydrogens is 330 g/mol. The van der Waals surface area contributed by atoms with E-state index in [0.717, 1.165) is 22.1 Å². The molecule has 0 unspecified atom stereocenters. The molecule has 0 fully saturated rings. The molecule has 0 radical (unpaired) electrons. The van der Waals surface area contributed by atoms with Crippen LogP contribution in [0, 0.1) is 13.8 Å². The van der Waals surface area contributed by atoms with Crippen LogP contribution in [0.5, 0.6) is 5.75 Å². The van der Waals surface area contributed by atoms with Gasteiger partial charge < -0.3 is 4.74 Å². The van der Waals surface area contributed by atoms with Gasteiger partial charge >= 0.3 is 0 Å². The number of hydrogen-bond acceptors (Lipinski definition) is 6. The molecular formula is C16H21N3O2S2. The molecule has 2 rings (SSSR count). The molecule has 0 saturated heterocycles. The lowest BCUT2D eigenvalue weighted by Gasteiger charge is -2.14. The van der Waals surface area contributed by atoms with Gasteiger partial charge in [-0.25, -0.2) is 0 Å². The maximum Gasteiger partial charge on any atom is 0.266 e. The van der Waals surface area contributed by atoms with Gasteiger partial charge in [-0.2, -0.15) is 0 Å². The van der Waals surface area contributed by atoms with Gasteiger partial charge in [-0.15, -0.1) is 10.2 Å². The minimum atomic E-state index is -0.604. The topological polar surface area (TPSA) is 64.1 Å². The molecule has 5 nitrogen and oxygen atoms in total. The number of nitrogens with zero attached hydrogens (tertiary/aromatic N) is 2. The molecule has 1 N–H and O–H groups in total. The average molecular weight is 351 g/mol. The Labute approximate surface area is 144 Å². The lowest BCUT2D eigenvalue weighted by molar-refractivity contribution is -0.122. The van der Waals surface area contributed by atoms with E-state index >= 15 is 0 Å². The van der Waals surface area contributed by atoms with Crippen LogP contribution in [-0.4, -0.2) is 28.0 Å². The van der Waals surface area contributed by atoms with Gasteiger partial charge in [0, 0.05) is 5.75 Å². The summed E-state index contributed by atoms with van der Waals surface area (Å²) >= 11 is 3.03. The number of anilines is 1. The van der Waals surface area contributed by atoms with Crippen LogP contribution in [0.1, 0.15) is 31.4 Å². The number of carbonyl (C=O) groups is 1. The van der Waals surface area contributed by atoms with Crippen molar-refractivity contribution in [2.24, 2.45) is 0 Å². The van der Waals surface area contributed by atoms with Crippen molar-refractivity contribution >= 4 is 34.1 Å². The number of amides is 1. The van der Waals surface area contributed by atoms with E-state index in [4.69, 9.17) is 4.74 Å². The summed E-state index contributed by atoms with van der Waals surface area (Å²) in [6, 6.07) is 5.79. The lowest BCUT2D eigenvalue weighted by Crippen LogP contribution is -2.30. The summed E-state index contributed by atoms with van der Waals surface area (Å²) in [6.07, 6.45) is 0.472. The van der Waals surface area contributed by atoms with E-state index in [1.807, 2.05) is 32.0 Å². The largest absolute Gasteiger partial charge is 0.481 e. The monoisotopic (exact) mass is 351 g/mol. The first-order valence-corrected chi connectivity index (χ1v) is 9.31. The summed E-state index contributed by atoms with van der Waals surface area (Å²) in [5.74, 6) is 1.45. The van der Waals surface area contributed by atoms with Gasteiger partial charge in [0.15, 0.2) is 10.4 Å². The molecule has 1 aromatic heterocycles. The molecule has 0 spiro atoms. The summed E-state index contributed by atoms with van der Waals surface area (Å²) in [7, 11) is 0. The van der Waals surface area contributed by atoms with Crippen molar-refractivity contribution in [3.63, 3.8) is 0 Å². The summed E-state index contributed by atoms with van der Waals surface area (Å²) < 4.78 is 6.56. The molecule has 0 aliphatic rings. The molecule has 7 heteroatoms. The molecule has 0 bridgehead atoms. The van der Waals surface area contributed by atoms with Gasteiger partial charge in [0.1, 0.15) is 5.75 Å². The fourth-order valence-electron chi connectivity index (χ4n) is 1.76. The van der Waals surface area contributed by atoms with E-state index in [1.54, 1.807) is 18.7 Å². The van der Waals surface area contributed by atoms with Crippen LogP contribution in [0.3, 0.4) is 0 Å². The Morgan fingerprint density at radius 2 is 2.13 bits per heavy atom. The zero-order valence-corrected chi connectivity index (χ0v) is 15.4. The fourth-order valence-corrected chi connectivity index (χ4v) is 3.44. The standard InChI is InChI=1S/C16H21N3O2S2/c1-5-8-22-16-19-18-15(23-16)17-14(20)12(4)21-13-7-6-10(2)11(3)9-13/h6-7,9,12H,5,8H2,1-4H3,(H,17,18,20)/t12-/m1/s1. The van der Waals surface area contributed by atoms with Crippen molar-refractivity contribution in [1.82, 2.24) is 10.2 Å². The number of aromatic nitrogens is 2. The van der Waals surface area contributed by atoms with Crippen LogP contribution >= 0.6 is 23.1 Å². The first-order chi connectivity index (χ1) is 11.0. The highest BCUT2D eigenvalue weighted by molar-refractivity contribution is 8.01. The number of benzene rings is 1. The van der Waals surface area contributed by atoms with Gasteiger partial charge in [-0.05, 0) is 50.5 Å². The molecule has 0 aliphatic carbocycles. The second kappa shape index (κ2) is 8.31. The fraction of sp³-hybridized carbons (Fsp3) is 0.438. The Morgan fingerprint density at radius 1 is 1.35 bits per heavy atom. The normalized spacial score (nSPS) is 12.0. The smallest absolute Gasteiger partial charge is 0.266 e. The third-order valence-corrected chi connectivity index (χ3v) is 5.40. The molecule has 1 heterocycles. The zero-order valence-electron chi connectivity index (χ0n) is 13.8. The highest BCUT2D eigenvalue weighted by Crippen LogP contribution is 2.26. The second-order valence-electron chi connectivity index (χ2n) is 5.22. The van der Waals surface area contributed by atoms with Gasteiger partial charge in [0.25, 0.3) is 5.91 Å².